The van der Waals surface area contributed by atoms with Crippen LogP contribution >= 0.6 is 12.2 Å². The summed E-state index contributed by atoms with van der Waals surface area (Å²) < 4.78 is 11.4. The van der Waals surface area contributed by atoms with Crippen molar-refractivity contribution in [2.45, 2.75) is 4.90 Å². The fourth-order valence-corrected chi connectivity index (χ4v) is 2.74. The number of anilines is 1. The Labute approximate surface area is 130 Å². The minimum absolute atomic E-state index is 0.572. The van der Waals surface area contributed by atoms with Gasteiger partial charge in [0.15, 0.2) is 0 Å². The molecule has 0 saturated carbocycles. The van der Waals surface area contributed by atoms with Gasteiger partial charge in [-0.25, -0.2) is 4.98 Å². The maximum Gasteiger partial charge on any atom is 0.206 e. The van der Waals surface area contributed by atoms with E-state index in [1.165, 1.54) is 0 Å². The molecule has 4 nitrogen and oxygen atoms in total. The minimum Gasteiger partial charge on any atom is -0.324 e. The minimum atomic E-state index is -0.981. The van der Waals surface area contributed by atoms with Crippen LogP contribution in [0.2, 0.25) is 0 Å². The predicted octanol–water partition coefficient (Wildman–Crippen LogP) is 3.09. The molecule has 0 amide bonds. The molecule has 106 valence electrons. The van der Waals surface area contributed by atoms with E-state index in [1.807, 2.05) is 48.5 Å². The van der Waals surface area contributed by atoms with E-state index in [2.05, 4.69) is 15.3 Å². The molecule has 1 aromatic heterocycles. The number of thiocarbonyl (C=S) groups is 1. The van der Waals surface area contributed by atoms with Crippen LogP contribution in [0.1, 0.15) is 5.56 Å². The van der Waals surface area contributed by atoms with Gasteiger partial charge in [-0.3, -0.25) is 4.21 Å². The second-order valence-electron chi connectivity index (χ2n) is 4.54. The van der Waals surface area contributed by atoms with Crippen molar-refractivity contribution in [1.29, 1.82) is 0 Å². The average Bonchev–Trinajstić information content (AvgIpc) is 2.89. The van der Waals surface area contributed by atoms with Gasteiger partial charge in [0.25, 0.3) is 0 Å². The van der Waals surface area contributed by atoms with Gasteiger partial charge in [0.1, 0.15) is 4.99 Å². The predicted molar refractivity (Wildman–Crippen MR) is 90.2 cm³/mol. The molecule has 0 spiro atoms. The summed E-state index contributed by atoms with van der Waals surface area (Å²) in [6.07, 6.45) is 1.65. The first-order valence-electron chi connectivity index (χ1n) is 6.33. The van der Waals surface area contributed by atoms with Crippen molar-refractivity contribution in [2.75, 3.05) is 11.6 Å². The Morgan fingerprint density at radius 2 is 1.90 bits per heavy atom. The Balaban J connectivity index is 1.80. The van der Waals surface area contributed by atoms with Crippen LogP contribution in [0.25, 0.3) is 11.0 Å². The number of aromatic nitrogens is 2. The normalized spacial score (nSPS) is 12.2. The molecule has 1 heterocycles. The molecule has 0 bridgehead atoms. The molecule has 0 aliphatic carbocycles. The zero-order valence-corrected chi connectivity index (χ0v) is 12.9. The van der Waals surface area contributed by atoms with Crippen LogP contribution in [0, 0.1) is 0 Å². The number of aromatic amines is 1. The van der Waals surface area contributed by atoms with Gasteiger partial charge in [-0.05, 0) is 24.3 Å². The van der Waals surface area contributed by atoms with Crippen LogP contribution < -0.4 is 5.32 Å². The summed E-state index contributed by atoms with van der Waals surface area (Å²) in [4.78, 5) is 8.94. The number of hydrogen-bond acceptors (Lipinski definition) is 3. The molecule has 6 heteroatoms. The number of H-pyrrole nitrogens is 1. The molecule has 3 rings (SSSR count). The molecule has 3 aromatic rings. The highest BCUT2D eigenvalue weighted by Crippen LogP contribution is 2.15. The van der Waals surface area contributed by atoms with E-state index >= 15 is 0 Å². The molecule has 0 aliphatic rings. The molecule has 0 fully saturated rings. The summed E-state index contributed by atoms with van der Waals surface area (Å²) >= 11 is 5.37. The van der Waals surface area contributed by atoms with E-state index in [-0.39, 0.29) is 0 Å². The maximum atomic E-state index is 11.4. The van der Waals surface area contributed by atoms with Gasteiger partial charge in [0.2, 0.25) is 5.95 Å². The van der Waals surface area contributed by atoms with Crippen LogP contribution in [0.3, 0.4) is 0 Å². The van der Waals surface area contributed by atoms with Gasteiger partial charge in [-0.1, -0.05) is 36.5 Å². The van der Waals surface area contributed by atoms with E-state index in [0.29, 0.717) is 10.9 Å². The number of rotatable bonds is 3. The summed E-state index contributed by atoms with van der Waals surface area (Å²) in [5, 5.41) is 3.09. The number of fused-ring (bicyclic) bond motifs is 1. The number of para-hydroxylation sites is 2. The molecule has 0 saturated heterocycles. The van der Waals surface area contributed by atoms with Crippen LogP contribution in [-0.2, 0) is 10.8 Å². The fraction of sp³-hybridized carbons (Fsp3) is 0.0667. The highest BCUT2D eigenvalue weighted by molar-refractivity contribution is 7.84. The van der Waals surface area contributed by atoms with Crippen LogP contribution in [-0.4, -0.2) is 25.4 Å². The number of nitrogens with one attached hydrogen (secondary N) is 2. The van der Waals surface area contributed by atoms with Gasteiger partial charge in [-0.15, -0.1) is 0 Å². The van der Waals surface area contributed by atoms with Crippen molar-refractivity contribution in [3.05, 3.63) is 54.1 Å². The molecule has 0 radical (unpaired) electrons. The smallest absolute Gasteiger partial charge is 0.206 e. The highest BCUT2D eigenvalue weighted by Gasteiger charge is 2.06. The van der Waals surface area contributed by atoms with Crippen LogP contribution in [0.5, 0.6) is 0 Å². The Kier molecular flexibility index (Phi) is 3.81. The van der Waals surface area contributed by atoms with Crippen molar-refractivity contribution >= 4 is 45.0 Å². The maximum absolute atomic E-state index is 11.4. The van der Waals surface area contributed by atoms with Crippen molar-refractivity contribution in [3.8, 4) is 0 Å². The van der Waals surface area contributed by atoms with Crippen molar-refractivity contribution < 1.29 is 4.21 Å². The topological polar surface area (TPSA) is 57.8 Å². The molecule has 1 unspecified atom stereocenters. The third kappa shape index (κ3) is 3.01. The van der Waals surface area contributed by atoms with E-state index in [1.54, 1.807) is 6.26 Å². The third-order valence-electron chi connectivity index (χ3n) is 3.07. The third-order valence-corrected chi connectivity index (χ3v) is 4.34. The summed E-state index contributed by atoms with van der Waals surface area (Å²) in [6.45, 7) is 0. The number of benzene rings is 2. The first-order valence-corrected chi connectivity index (χ1v) is 8.30. The van der Waals surface area contributed by atoms with Gasteiger partial charge in [0.05, 0.1) is 11.0 Å². The van der Waals surface area contributed by atoms with E-state index < -0.39 is 10.8 Å². The summed E-state index contributed by atoms with van der Waals surface area (Å²) in [5.74, 6) is 0.615. The number of hydrogen-bond donors (Lipinski definition) is 2. The van der Waals surface area contributed by atoms with E-state index in [0.717, 1.165) is 21.5 Å². The first kappa shape index (κ1) is 13.9. The Bertz CT molecular complexity index is 791. The lowest BCUT2D eigenvalue weighted by atomic mass is 10.2. The Morgan fingerprint density at radius 3 is 2.57 bits per heavy atom. The molecule has 2 aromatic carbocycles. The van der Waals surface area contributed by atoms with Gasteiger partial charge >= 0.3 is 0 Å². The molecular weight excluding hydrogens is 302 g/mol. The Hall–Kier alpha value is -2.05. The van der Waals surface area contributed by atoms with Gasteiger partial charge in [0, 0.05) is 27.5 Å². The van der Waals surface area contributed by atoms with Crippen molar-refractivity contribution in [3.63, 3.8) is 0 Å². The second kappa shape index (κ2) is 5.75. The zero-order chi connectivity index (χ0) is 14.8. The van der Waals surface area contributed by atoms with Gasteiger partial charge in [-0.2, -0.15) is 0 Å². The lowest BCUT2D eigenvalue weighted by Crippen LogP contribution is -2.11. The van der Waals surface area contributed by atoms with Gasteiger partial charge < -0.3 is 10.3 Å². The standard InChI is InChI=1S/C15H13N3OS2/c1-21(19)11-8-6-10(7-9-11)14(20)18-15-16-12-4-2-3-5-13(12)17-15/h2-9H,1H3,(H2,16,17,18,20). The summed E-state index contributed by atoms with van der Waals surface area (Å²) in [6, 6.07) is 15.1. The van der Waals surface area contributed by atoms with Crippen molar-refractivity contribution in [1.82, 2.24) is 9.97 Å². The van der Waals surface area contributed by atoms with Crippen LogP contribution in [0.4, 0.5) is 5.95 Å². The number of imidazole rings is 1. The largest absolute Gasteiger partial charge is 0.324 e. The molecule has 1 atom stereocenters. The van der Waals surface area contributed by atoms with Crippen LogP contribution in [0.15, 0.2) is 53.4 Å². The molecule has 2 N–H and O–H groups in total. The van der Waals surface area contributed by atoms with E-state index in [4.69, 9.17) is 12.2 Å². The summed E-state index contributed by atoms with van der Waals surface area (Å²) in [7, 11) is -0.981. The Morgan fingerprint density at radius 1 is 1.19 bits per heavy atom. The second-order valence-corrected chi connectivity index (χ2v) is 6.32. The molecule has 0 aliphatic heterocycles. The van der Waals surface area contributed by atoms with Crippen molar-refractivity contribution in [2.24, 2.45) is 0 Å². The molecular formula is C15H13N3OS2. The average molecular weight is 315 g/mol. The lowest BCUT2D eigenvalue weighted by Gasteiger charge is -2.05. The summed E-state index contributed by atoms with van der Waals surface area (Å²) in [5.41, 5.74) is 2.71. The first-order chi connectivity index (χ1) is 10.1. The zero-order valence-electron chi connectivity index (χ0n) is 11.3. The SMILES string of the molecule is CS(=O)c1ccc(C(=S)Nc2nc3ccccc3[nH]2)cc1. The monoisotopic (exact) mass is 315 g/mol. The quantitative estimate of drug-likeness (QED) is 0.729. The highest BCUT2D eigenvalue weighted by atomic mass is 32.2. The lowest BCUT2D eigenvalue weighted by molar-refractivity contribution is 0.687. The fourth-order valence-electron chi connectivity index (χ4n) is 1.99. The molecule has 21 heavy (non-hydrogen) atoms. The number of nitrogens with zero attached hydrogens (tertiary/aromatic N) is 1. The van der Waals surface area contributed by atoms with E-state index in [9.17, 15) is 4.21 Å².